The Morgan fingerprint density at radius 3 is 2.50 bits per heavy atom. The van der Waals surface area contributed by atoms with Gasteiger partial charge in [0.2, 0.25) is 0 Å². The van der Waals surface area contributed by atoms with E-state index in [1.165, 1.54) is 49.7 Å². The molecule has 1 N–H and O–H groups in total. The molecule has 2 saturated carbocycles. The van der Waals surface area contributed by atoms with Crippen LogP contribution >= 0.6 is 11.8 Å². The van der Waals surface area contributed by atoms with Gasteiger partial charge in [-0.2, -0.15) is 11.8 Å². The van der Waals surface area contributed by atoms with Crippen LogP contribution in [0, 0.1) is 12.8 Å². The van der Waals surface area contributed by atoms with Crippen LogP contribution in [0.15, 0.2) is 24.3 Å². The quantitative estimate of drug-likeness (QED) is 0.842. The number of rotatable bonds is 5. The van der Waals surface area contributed by atoms with Crippen LogP contribution < -0.4 is 5.32 Å². The molecule has 2 fully saturated rings. The second-order valence-corrected chi connectivity index (χ2v) is 7.75. The molecule has 20 heavy (non-hydrogen) atoms. The zero-order valence-electron chi connectivity index (χ0n) is 12.8. The lowest BCUT2D eigenvalue weighted by Crippen LogP contribution is -2.38. The fourth-order valence-electron chi connectivity index (χ4n) is 3.47. The molecule has 0 aliphatic heterocycles. The molecule has 2 heteroatoms. The third-order valence-corrected chi connectivity index (χ3v) is 6.00. The standard InChI is InChI=1S/C18H27NS/c1-13-6-8-14(9-7-13)18(15-10-11-15)19-16-4-3-5-17(12-16)20-2/h6-9,15-19H,3-5,10-12H2,1-2H3. The van der Waals surface area contributed by atoms with Crippen LogP contribution in [0.1, 0.15) is 55.7 Å². The summed E-state index contributed by atoms with van der Waals surface area (Å²) in [5.41, 5.74) is 2.87. The molecule has 2 aliphatic rings. The molecule has 2 aliphatic carbocycles. The molecule has 0 saturated heterocycles. The number of hydrogen-bond donors (Lipinski definition) is 1. The second kappa shape index (κ2) is 6.53. The van der Waals surface area contributed by atoms with Crippen molar-refractivity contribution in [3.63, 3.8) is 0 Å². The number of nitrogens with one attached hydrogen (secondary N) is 1. The Balaban J connectivity index is 1.67. The molecule has 0 amide bonds. The first-order valence-electron chi connectivity index (χ1n) is 8.11. The maximum absolute atomic E-state index is 4.00. The van der Waals surface area contributed by atoms with Crippen molar-refractivity contribution in [2.45, 2.75) is 62.8 Å². The maximum Gasteiger partial charge on any atom is 0.0351 e. The number of benzene rings is 1. The minimum Gasteiger partial charge on any atom is -0.307 e. The van der Waals surface area contributed by atoms with E-state index in [2.05, 4.69) is 54.5 Å². The third-order valence-electron chi connectivity index (χ3n) is 4.90. The van der Waals surface area contributed by atoms with E-state index in [1.807, 2.05) is 0 Å². The Morgan fingerprint density at radius 2 is 1.85 bits per heavy atom. The molecule has 0 bridgehead atoms. The van der Waals surface area contributed by atoms with E-state index in [1.54, 1.807) is 0 Å². The summed E-state index contributed by atoms with van der Waals surface area (Å²) < 4.78 is 0. The first kappa shape index (κ1) is 14.5. The van der Waals surface area contributed by atoms with E-state index in [0.717, 1.165) is 17.2 Å². The van der Waals surface area contributed by atoms with Crippen molar-refractivity contribution >= 4 is 11.8 Å². The summed E-state index contributed by atoms with van der Waals surface area (Å²) in [7, 11) is 0. The van der Waals surface area contributed by atoms with E-state index < -0.39 is 0 Å². The highest BCUT2D eigenvalue weighted by atomic mass is 32.2. The summed E-state index contributed by atoms with van der Waals surface area (Å²) in [6, 6.07) is 10.5. The first-order valence-corrected chi connectivity index (χ1v) is 9.40. The summed E-state index contributed by atoms with van der Waals surface area (Å²) in [6.07, 6.45) is 10.6. The Bertz CT molecular complexity index is 424. The zero-order chi connectivity index (χ0) is 13.9. The van der Waals surface area contributed by atoms with Crippen LogP contribution in [0.25, 0.3) is 0 Å². The average Bonchev–Trinajstić information content (AvgIpc) is 3.31. The summed E-state index contributed by atoms with van der Waals surface area (Å²) >= 11 is 2.06. The van der Waals surface area contributed by atoms with Crippen LogP contribution in [0.5, 0.6) is 0 Å². The summed E-state index contributed by atoms with van der Waals surface area (Å²) in [6.45, 7) is 2.17. The molecule has 110 valence electrons. The minimum absolute atomic E-state index is 0.598. The van der Waals surface area contributed by atoms with Gasteiger partial charge in [-0.15, -0.1) is 0 Å². The average molecular weight is 289 g/mol. The van der Waals surface area contributed by atoms with Gasteiger partial charge in [-0.3, -0.25) is 0 Å². The van der Waals surface area contributed by atoms with E-state index in [-0.39, 0.29) is 0 Å². The Kier molecular flexibility index (Phi) is 4.72. The fraction of sp³-hybridized carbons (Fsp3) is 0.667. The second-order valence-electron chi connectivity index (χ2n) is 6.61. The van der Waals surface area contributed by atoms with Crippen LogP contribution in [-0.4, -0.2) is 17.5 Å². The molecule has 0 radical (unpaired) electrons. The monoisotopic (exact) mass is 289 g/mol. The fourth-order valence-corrected chi connectivity index (χ4v) is 4.30. The van der Waals surface area contributed by atoms with E-state index in [4.69, 9.17) is 0 Å². The van der Waals surface area contributed by atoms with Gasteiger partial charge in [0, 0.05) is 17.3 Å². The van der Waals surface area contributed by atoms with Crippen LogP contribution in [0.4, 0.5) is 0 Å². The minimum atomic E-state index is 0.598. The predicted octanol–water partition coefficient (Wildman–Crippen LogP) is 4.71. The third kappa shape index (κ3) is 3.59. The lowest BCUT2D eigenvalue weighted by Gasteiger charge is -2.32. The maximum atomic E-state index is 4.00. The number of thioether (sulfide) groups is 1. The molecule has 0 spiro atoms. The summed E-state index contributed by atoms with van der Waals surface area (Å²) in [4.78, 5) is 0. The molecule has 3 unspecified atom stereocenters. The van der Waals surface area contributed by atoms with Gasteiger partial charge < -0.3 is 5.32 Å². The van der Waals surface area contributed by atoms with Gasteiger partial charge >= 0.3 is 0 Å². The van der Waals surface area contributed by atoms with E-state index >= 15 is 0 Å². The topological polar surface area (TPSA) is 12.0 Å². The SMILES string of the molecule is CSC1CCCC(NC(c2ccc(C)cc2)C2CC2)C1. The molecular weight excluding hydrogens is 262 g/mol. The van der Waals surface area contributed by atoms with Gasteiger partial charge in [0.15, 0.2) is 0 Å². The summed E-state index contributed by atoms with van der Waals surface area (Å²) in [5, 5.41) is 4.88. The van der Waals surface area contributed by atoms with Crippen molar-refractivity contribution < 1.29 is 0 Å². The van der Waals surface area contributed by atoms with Gasteiger partial charge in [0.05, 0.1) is 0 Å². The molecular formula is C18H27NS. The van der Waals surface area contributed by atoms with Crippen molar-refractivity contribution in [2.24, 2.45) is 5.92 Å². The van der Waals surface area contributed by atoms with Crippen molar-refractivity contribution in [3.8, 4) is 0 Å². The number of hydrogen-bond acceptors (Lipinski definition) is 2. The Morgan fingerprint density at radius 1 is 1.10 bits per heavy atom. The lowest BCUT2D eigenvalue weighted by molar-refractivity contribution is 0.328. The van der Waals surface area contributed by atoms with Crippen LogP contribution in [0.2, 0.25) is 0 Å². The van der Waals surface area contributed by atoms with Crippen molar-refractivity contribution in [1.29, 1.82) is 0 Å². The van der Waals surface area contributed by atoms with Crippen LogP contribution in [-0.2, 0) is 0 Å². The smallest absolute Gasteiger partial charge is 0.0351 e. The van der Waals surface area contributed by atoms with Gasteiger partial charge in [0.1, 0.15) is 0 Å². The van der Waals surface area contributed by atoms with Crippen LogP contribution in [0.3, 0.4) is 0 Å². The molecule has 1 aromatic rings. The number of aryl methyl sites for hydroxylation is 1. The normalized spacial score (nSPS) is 28.3. The molecule has 1 aromatic carbocycles. The van der Waals surface area contributed by atoms with Crippen molar-refractivity contribution in [1.82, 2.24) is 5.32 Å². The lowest BCUT2D eigenvalue weighted by atomic mass is 9.92. The molecule has 0 heterocycles. The first-order chi connectivity index (χ1) is 9.76. The molecule has 0 aromatic heterocycles. The van der Waals surface area contributed by atoms with Crippen molar-refractivity contribution in [3.05, 3.63) is 35.4 Å². The Hall–Kier alpha value is -0.470. The summed E-state index contributed by atoms with van der Waals surface area (Å²) in [5.74, 6) is 0.882. The largest absolute Gasteiger partial charge is 0.307 e. The van der Waals surface area contributed by atoms with Gasteiger partial charge in [-0.05, 0) is 56.8 Å². The van der Waals surface area contributed by atoms with Crippen molar-refractivity contribution in [2.75, 3.05) is 6.26 Å². The van der Waals surface area contributed by atoms with E-state index in [9.17, 15) is 0 Å². The predicted molar refractivity (Wildman–Crippen MR) is 89.3 cm³/mol. The molecule has 3 rings (SSSR count). The highest BCUT2D eigenvalue weighted by Gasteiger charge is 2.34. The zero-order valence-corrected chi connectivity index (χ0v) is 13.6. The van der Waals surface area contributed by atoms with Gasteiger partial charge in [-0.1, -0.05) is 36.2 Å². The van der Waals surface area contributed by atoms with Gasteiger partial charge in [-0.25, -0.2) is 0 Å². The highest BCUT2D eigenvalue weighted by molar-refractivity contribution is 7.99. The van der Waals surface area contributed by atoms with Gasteiger partial charge in [0.25, 0.3) is 0 Å². The van der Waals surface area contributed by atoms with E-state index in [0.29, 0.717) is 6.04 Å². The molecule has 3 atom stereocenters. The highest BCUT2D eigenvalue weighted by Crippen LogP contribution is 2.42. The Labute approximate surface area is 127 Å². The molecule has 1 nitrogen and oxygen atoms in total.